The topological polar surface area (TPSA) is 38.0 Å². The molecular formula is C24H20N2O. The summed E-state index contributed by atoms with van der Waals surface area (Å²) in [4.78, 5) is 0. The molecule has 0 unspecified atom stereocenters. The third-order valence-corrected chi connectivity index (χ3v) is 4.53. The van der Waals surface area contributed by atoms with Gasteiger partial charge in [-0.15, -0.1) is 0 Å². The van der Waals surface area contributed by atoms with Gasteiger partial charge >= 0.3 is 0 Å². The van der Waals surface area contributed by atoms with Crippen LogP contribution in [0.2, 0.25) is 0 Å². The highest BCUT2D eigenvalue weighted by Crippen LogP contribution is 2.32. The van der Waals surface area contributed by atoms with Crippen molar-refractivity contribution in [2.75, 3.05) is 0 Å². The molecule has 0 spiro atoms. The molecule has 0 aliphatic carbocycles. The summed E-state index contributed by atoms with van der Waals surface area (Å²) in [6, 6.07) is 29.6. The smallest absolute Gasteiger partial charge is 0.149 e. The van der Waals surface area contributed by atoms with Gasteiger partial charge in [0.05, 0.1) is 11.9 Å². The van der Waals surface area contributed by atoms with Crippen molar-refractivity contribution < 1.29 is 5.11 Å². The van der Waals surface area contributed by atoms with Gasteiger partial charge in [-0.2, -0.15) is 5.10 Å². The lowest BCUT2D eigenvalue weighted by Crippen LogP contribution is -2.06. The van der Waals surface area contributed by atoms with Crippen LogP contribution in [0.15, 0.2) is 97.2 Å². The number of hydrogen-bond donors (Lipinski definition) is 1. The molecular weight excluding hydrogens is 332 g/mol. The van der Waals surface area contributed by atoms with E-state index in [9.17, 15) is 5.11 Å². The normalized spacial score (nSPS) is 11.9. The summed E-state index contributed by atoms with van der Waals surface area (Å²) in [5.41, 5.74) is 5.39. The van der Waals surface area contributed by atoms with E-state index in [2.05, 4.69) is 17.2 Å². The van der Waals surface area contributed by atoms with Crippen molar-refractivity contribution in [3.8, 4) is 11.3 Å². The van der Waals surface area contributed by atoms with Crippen molar-refractivity contribution in [2.45, 2.75) is 6.92 Å². The molecule has 132 valence electrons. The molecule has 4 rings (SSSR count). The van der Waals surface area contributed by atoms with Gasteiger partial charge in [-0.05, 0) is 12.5 Å². The Morgan fingerprint density at radius 1 is 0.741 bits per heavy atom. The Balaban J connectivity index is 2.00. The molecule has 3 aromatic carbocycles. The molecule has 0 aliphatic rings. The second kappa shape index (κ2) is 7.34. The van der Waals surface area contributed by atoms with E-state index >= 15 is 0 Å². The monoisotopic (exact) mass is 352 g/mol. The fraction of sp³-hybridized carbons (Fsp3) is 0.0417. The first-order valence-corrected chi connectivity index (χ1v) is 8.90. The predicted octanol–water partition coefficient (Wildman–Crippen LogP) is 5.79. The molecule has 3 nitrogen and oxygen atoms in total. The first kappa shape index (κ1) is 16.9. The van der Waals surface area contributed by atoms with Gasteiger partial charge < -0.3 is 5.11 Å². The average Bonchev–Trinajstić information content (AvgIpc) is 3.11. The SMILES string of the molecule is Cc1cnn(/C(=C(/O)c2ccccc2)c2ccccc2)c1-c1ccccc1. The highest BCUT2D eigenvalue weighted by molar-refractivity contribution is 5.88. The summed E-state index contributed by atoms with van der Waals surface area (Å²) in [5.74, 6) is 0.196. The van der Waals surface area contributed by atoms with Gasteiger partial charge in [-0.25, -0.2) is 4.68 Å². The lowest BCUT2D eigenvalue weighted by molar-refractivity contribution is 0.510. The molecule has 1 aromatic heterocycles. The zero-order valence-corrected chi connectivity index (χ0v) is 15.1. The maximum absolute atomic E-state index is 11.2. The quantitative estimate of drug-likeness (QED) is 0.373. The van der Waals surface area contributed by atoms with E-state index in [-0.39, 0.29) is 5.76 Å². The first-order chi connectivity index (χ1) is 13.3. The van der Waals surface area contributed by atoms with Gasteiger partial charge in [0.25, 0.3) is 0 Å². The highest BCUT2D eigenvalue weighted by atomic mass is 16.3. The Morgan fingerprint density at radius 2 is 1.26 bits per heavy atom. The molecule has 27 heavy (non-hydrogen) atoms. The lowest BCUT2D eigenvalue weighted by Gasteiger charge is -2.16. The van der Waals surface area contributed by atoms with Crippen LogP contribution in [0.4, 0.5) is 0 Å². The average molecular weight is 352 g/mol. The van der Waals surface area contributed by atoms with E-state index < -0.39 is 0 Å². The number of hydrogen-bond acceptors (Lipinski definition) is 2. The number of aliphatic hydroxyl groups excluding tert-OH is 1. The second-order valence-electron chi connectivity index (χ2n) is 6.38. The molecule has 1 heterocycles. The number of benzene rings is 3. The maximum atomic E-state index is 11.2. The van der Waals surface area contributed by atoms with Crippen molar-refractivity contribution in [1.29, 1.82) is 0 Å². The summed E-state index contributed by atoms with van der Waals surface area (Å²) in [5, 5.41) is 15.8. The standard InChI is InChI=1S/C24H20N2O/c1-18-17-25-26(22(18)19-11-5-2-6-12-19)23(20-13-7-3-8-14-20)24(27)21-15-9-4-10-16-21/h2-17,27H,1H3/b24-23+. The third-order valence-electron chi connectivity index (χ3n) is 4.53. The highest BCUT2D eigenvalue weighted by Gasteiger charge is 2.19. The second-order valence-corrected chi connectivity index (χ2v) is 6.38. The van der Waals surface area contributed by atoms with E-state index in [0.29, 0.717) is 5.70 Å². The molecule has 0 fully saturated rings. The summed E-state index contributed by atoms with van der Waals surface area (Å²) in [7, 11) is 0. The summed E-state index contributed by atoms with van der Waals surface area (Å²) < 4.78 is 1.84. The van der Waals surface area contributed by atoms with Crippen molar-refractivity contribution in [1.82, 2.24) is 9.78 Å². The largest absolute Gasteiger partial charge is 0.505 e. The number of aromatic nitrogens is 2. The van der Waals surface area contributed by atoms with Gasteiger partial charge in [0.1, 0.15) is 11.5 Å². The Labute approximate surface area is 158 Å². The van der Waals surface area contributed by atoms with E-state index in [1.165, 1.54) is 0 Å². The molecule has 0 aliphatic heterocycles. The van der Waals surface area contributed by atoms with Crippen LogP contribution in [0.3, 0.4) is 0 Å². The predicted molar refractivity (Wildman–Crippen MR) is 110 cm³/mol. The molecule has 4 aromatic rings. The van der Waals surface area contributed by atoms with Gasteiger partial charge in [0.2, 0.25) is 0 Å². The van der Waals surface area contributed by atoms with Crippen LogP contribution in [0.5, 0.6) is 0 Å². The summed E-state index contributed by atoms with van der Waals surface area (Å²) in [6.07, 6.45) is 1.84. The van der Waals surface area contributed by atoms with Gasteiger partial charge in [0, 0.05) is 16.7 Å². The van der Waals surface area contributed by atoms with Crippen molar-refractivity contribution in [2.24, 2.45) is 0 Å². The molecule has 1 N–H and O–H groups in total. The van der Waals surface area contributed by atoms with E-state index in [4.69, 9.17) is 0 Å². The van der Waals surface area contributed by atoms with E-state index in [1.807, 2.05) is 96.7 Å². The fourth-order valence-corrected chi connectivity index (χ4v) is 3.23. The fourth-order valence-electron chi connectivity index (χ4n) is 3.23. The van der Waals surface area contributed by atoms with Crippen molar-refractivity contribution in [3.63, 3.8) is 0 Å². The number of aryl methyl sites for hydroxylation is 1. The van der Waals surface area contributed by atoms with Crippen LogP contribution in [0, 0.1) is 6.92 Å². The molecule has 0 atom stereocenters. The Morgan fingerprint density at radius 3 is 1.85 bits per heavy atom. The van der Waals surface area contributed by atoms with Gasteiger partial charge in [0.15, 0.2) is 0 Å². The zero-order chi connectivity index (χ0) is 18.6. The van der Waals surface area contributed by atoms with Crippen LogP contribution in [0.25, 0.3) is 22.7 Å². The van der Waals surface area contributed by atoms with Crippen LogP contribution >= 0.6 is 0 Å². The van der Waals surface area contributed by atoms with Crippen LogP contribution < -0.4 is 0 Å². The first-order valence-electron chi connectivity index (χ1n) is 8.90. The van der Waals surface area contributed by atoms with E-state index in [1.54, 1.807) is 0 Å². The lowest BCUT2D eigenvalue weighted by atomic mass is 10.0. The number of rotatable bonds is 4. The molecule has 0 saturated heterocycles. The molecule has 0 bridgehead atoms. The Hall–Kier alpha value is -3.59. The maximum Gasteiger partial charge on any atom is 0.149 e. The molecule has 3 heteroatoms. The zero-order valence-electron chi connectivity index (χ0n) is 15.1. The van der Waals surface area contributed by atoms with Crippen LogP contribution in [-0.4, -0.2) is 14.9 Å². The molecule has 0 amide bonds. The summed E-state index contributed by atoms with van der Waals surface area (Å²) >= 11 is 0. The van der Waals surface area contributed by atoms with Crippen molar-refractivity contribution >= 4 is 11.5 Å². The minimum atomic E-state index is 0.196. The minimum Gasteiger partial charge on any atom is -0.505 e. The third kappa shape index (κ3) is 3.27. The van der Waals surface area contributed by atoms with Crippen molar-refractivity contribution in [3.05, 3.63) is 114 Å². The van der Waals surface area contributed by atoms with Gasteiger partial charge in [-0.1, -0.05) is 91.0 Å². The minimum absolute atomic E-state index is 0.196. The summed E-state index contributed by atoms with van der Waals surface area (Å²) in [6.45, 7) is 2.04. The molecule has 0 radical (unpaired) electrons. The molecule has 0 saturated carbocycles. The van der Waals surface area contributed by atoms with E-state index in [0.717, 1.165) is 27.9 Å². The van der Waals surface area contributed by atoms with Crippen LogP contribution in [0.1, 0.15) is 16.7 Å². The Bertz CT molecular complexity index is 1070. The number of nitrogens with zero attached hydrogens (tertiary/aromatic N) is 2. The van der Waals surface area contributed by atoms with Crippen LogP contribution in [-0.2, 0) is 0 Å². The van der Waals surface area contributed by atoms with Gasteiger partial charge in [-0.3, -0.25) is 0 Å². The number of aliphatic hydroxyl groups is 1. The Kier molecular flexibility index (Phi) is 4.58.